The van der Waals surface area contributed by atoms with E-state index in [1.54, 1.807) is 11.0 Å². The number of fused-ring (bicyclic) bond motifs is 1. The molecule has 0 bridgehead atoms. The number of aryl methyl sites for hydroxylation is 3. The molecule has 4 rings (SSSR count). The molecular weight excluding hydrogens is 414 g/mol. The number of hydrogen-bond acceptors (Lipinski definition) is 4. The molecular formula is C25H28ClNO4. The molecule has 5 nitrogen and oxygen atoms in total. The number of ether oxygens (including phenoxy) is 2. The number of benzene rings is 2. The predicted octanol–water partition coefficient (Wildman–Crippen LogP) is 4.98. The Morgan fingerprint density at radius 2 is 1.81 bits per heavy atom. The van der Waals surface area contributed by atoms with Crippen LogP contribution in [0.25, 0.3) is 0 Å². The first-order chi connectivity index (χ1) is 14.7. The Labute approximate surface area is 188 Å². The maximum atomic E-state index is 12.8. The number of Topliss-reactive ketones (excluding diaryl/α,β-unsaturated/α-hetero) is 1. The molecule has 0 aliphatic carbocycles. The van der Waals surface area contributed by atoms with E-state index in [2.05, 4.69) is 6.07 Å². The summed E-state index contributed by atoms with van der Waals surface area (Å²) in [4.78, 5) is 27.3. The van der Waals surface area contributed by atoms with E-state index in [0.29, 0.717) is 48.7 Å². The van der Waals surface area contributed by atoms with Gasteiger partial charge >= 0.3 is 0 Å². The second-order valence-electron chi connectivity index (χ2n) is 8.86. The van der Waals surface area contributed by atoms with E-state index >= 15 is 0 Å². The van der Waals surface area contributed by atoms with Crippen molar-refractivity contribution in [1.82, 2.24) is 4.90 Å². The van der Waals surface area contributed by atoms with Crippen molar-refractivity contribution in [2.45, 2.75) is 52.6 Å². The number of amides is 1. The maximum absolute atomic E-state index is 12.8. The van der Waals surface area contributed by atoms with Crippen molar-refractivity contribution in [3.63, 3.8) is 0 Å². The highest BCUT2D eigenvalue weighted by Gasteiger charge is 2.44. The lowest BCUT2D eigenvalue weighted by Crippen LogP contribution is -2.53. The average molecular weight is 442 g/mol. The molecule has 0 atom stereocenters. The van der Waals surface area contributed by atoms with Crippen LogP contribution in [0, 0.1) is 27.7 Å². The third kappa shape index (κ3) is 4.29. The summed E-state index contributed by atoms with van der Waals surface area (Å²) in [6.45, 7) is 9.07. The largest absolute Gasteiger partial charge is 0.486 e. The summed E-state index contributed by atoms with van der Waals surface area (Å²) in [6, 6.07) is 7.57. The standard InChI is InChI=1S/C25H28ClNO4/c1-15-9-16(2)18(4)22(10-15)30-14-23(29)27-7-5-25(6-8-27)13-21(28)20-12-19(26)11-17(3)24(20)31-25/h9-12H,5-8,13-14H2,1-4H3. The normalized spacial score (nSPS) is 17.3. The summed E-state index contributed by atoms with van der Waals surface area (Å²) in [5.74, 6) is 1.40. The van der Waals surface area contributed by atoms with Gasteiger partial charge in [0, 0.05) is 31.0 Å². The molecule has 2 aromatic carbocycles. The van der Waals surface area contributed by atoms with Gasteiger partial charge in [-0.05, 0) is 68.1 Å². The van der Waals surface area contributed by atoms with Gasteiger partial charge in [-0.25, -0.2) is 0 Å². The van der Waals surface area contributed by atoms with E-state index in [0.717, 1.165) is 28.0 Å². The van der Waals surface area contributed by atoms with E-state index in [9.17, 15) is 9.59 Å². The molecule has 1 spiro atoms. The van der Waals surface area contributed by atoms with Crippen molar-refractivity contribution in [3.8, 4) is 11.5 Å². The number of likely N-dealkylation sites (tertiary alicyclic amines) is 1. The molecule has 2 aliphatic rings. The fraction of sp³-hybridized carbons (Fsp3) is 0.440. The van der Waals surface area contributed by atoms with Crippen LogP contribution >= 0.6 is 11.6 Å². The summed E-state index contributed by atoms with van der Waals surface area (Å²) >= 11 is 6.12. The minimum absolute atomic E-state index is 0.0109. The molecule has 2 heterocycles. The minimum Gasteiger partial charge on any atom is -0.486 e. The van der Waals surface area contributed by atoms with E-state index in [1.807, 2.05) is 39.8 Å². The van der Waals surface area contributed by atoms with E-state index in [-0.39, 0.29) is 18.3 Å². The van der Waals surface area contributed by atoms with Crippen molar-refractivity contribution in [3.05, 3.63) is 57.1 Å². The first kappa shape index (κ1) is 21.7. The van der Waals surface area contributed by atoms with Gasteiger partial charge in [0.2, 0.25) is 0 Å². The highest BCUT2D eigenvalue weighted by molar-refractivity contribution is 6.31. The fourth-order valence-corrected chi connectivity index (χ4v) is 4.81. The van der Waals surface area contributed by atoms with Gasteiger partial charge in [0.05, 0.1) is 12.0 Å². The lowest BCUT2D eigenvalue weighted by atomic mass is 9.82. The molecule has 2 aliphatic heterocycles. The predicted molar refractivity (Wildman–Crippen MR) is 120 cm³/mol. The molecule has 1 fully saturated rings. The van der Waals surface area contributed by atoms with Crippen molar-refractivity contribution in [2.24, 2.45) is 0 Å². The molecule has 0 radical (unpaired) electrons. The van der Waals surface area contributed by atoms with Gasteiger partial charge in [-0.15, -0.1) is 0 Å². The number of halogens is 1. The number of hydrogen-bond donors (Lipinski definition) is 0. The maximum Gasteiger partial charge on any atom is 0.260 e. The monoisotopic (exact) mass is 441 g/mol. The summed E-state index contributed by atoms with van der Waals surface area (Å²) in [6.07, 6.45) is 1.56. The van der Waals surface area contributed by atoms with E-state index < -0.39 is 5.60 Å². The molecule has 164 valence electrons. The summed E-state index contributed by atoms with van der Waals surface area (Å²) in [7, 11) is 0. The molecule has 0 N–H and O–H groups in total. The van der Waals surface area contributed by atoms with Gasteiger partial charge in [0.15, 0.2) is 12.4 Å². The van der Waals surface area contributed by atoms with Crippen molar-refractivity contribution in [2.75, 3.05) is 19.7 Å². The van der Waals surface area contributed by atoms with Crippen LogP contribution in [0.2, 0.25) is 5.02 Å². The zero-order valence-electron chi connectivity index (χ0n) is 18.5. The third-order valence-corrected chi connectivity index (χ3v) is 6.70. The number of rotatable bonds is 3. The van der Waals surface area contributed by atoms with Crippen LogP contribution in [0.15, 0.2) is 24.3 Å². The number of ketones is 1. The van der Waals surface area contributed by atoms with Crippen LogP contribution in [0.5, 0.6) is 11.5 Å². The quantitative estimate of drug-likeness (QED) is 0.674. The first-order valence-corrected chi connectivity index (χ1v) is 11.1. The summed E-state index contributed by atoms with van der Waals surface area (Å²) in [5.41, 5.74) is 4.20. The second kappa shape index (κ2) is 8.19. The average Bonchev–Trinajstić information content (AvgIpc) is 2.71. The number of carbonyl (C=O) groups is 2. The summed E-state index contributed by atoms with van der Waals surface area (Å²) in [5, 5.41) is 0.545. The van der Waals surface area contributed by atoms with Crippen LogP contribution in [0.3, 0.4) is 0 Å². The SMILES string of the molecule is Cc1cc(C)c(C)c(OCC(=O)N2CCC3(CC2)CC(=O)c2cc(Cl)cc(C)c2O3)c1. The molecule has 0 unspecified atom stereocenters. The van der Waals surface area contributed by atoms with Gasteiger partial charge in [-0.1, -0.05) is 17.7 Å². The Kier molecular flexibility index (Phi) is 5.73. The van der Waals surface area contributed by atoms with Crippen LogP contribution in [0.4, 0.5) is 0 Å². The Morgan fingerprint density at radius 1 is 1.10 bits per heavy atom. The zero-order valence-corrected chi connectivity index (χ0v) is 19.3. The van der Waals surface area contributed by atoms with E-state index in [1.165, 1.54) is 0 Å². The van der Waals surface area contributed by atoms with Gasteiger partial charge < -0.3 is 14.4 Å². The third-order valence-electron chi connectivity index (χ3n) is 6.48. The number of nitrogens with zero attached hydrogens (tertiary/aromatic N) is 1. The molecule has 6 heteroatoms. The van der Waals surface area contributed by atoms with Crippen LogP contribution in [0.1, 0.15) is 51.9 Å². The van der Waals surface area contributed by atoms with Crippen molar-refractivity contribution < 1.29 is 19.1 Å². The molecule has 1 saturated heterocycles. The van der Waals surface area contributed by atoms with Gasteiger partial charge in [0.25, 0.3) is 5.91 Å². The lowest BCUT2D eigenvalue weighted by molar-refractivity contribution is -0.137. The van der Waals surface area contributed by atoms with Crippen molar-refractivity contribution >= 4 is 23.3 Å². The molecule has 0 saturated carbocycles. The molecule has 1 amide bonds. The Morgan fingerprint density at radius 3 is 2.52 bits per heavy atom. The molecule has 0 aromatic heterocycles. The smallest absolute Gasteiger partial charge is 0.260 e. The highest BCUT2D eigenvalue weighted by Crippen LogP contribution is 2.42. The Hall–Kier alpha value is -2.53. The van der Waals surface area contributed by atoms with Gasteiger partial charge in [-0.3, -0.25) is 9.59 Å². The minimum atomic E-state index is -0.551. The van der Waals surface area contributed by atoms with Crippen LogP contribution in [-0.2, 0) is 4.79 Å². The molecule has 31 heavy (non-hydrogen) atoms. The Balaban J connectivity index is 1.40. The first-order valence-electron chi connectivity index (χ1n) is 10.7. The van der Waals surface area contributed by atoms with Gasteiger partial charge in [-0.2, -0.15) is 0 Å². The fourth-order valence-electron chi connectivity index (χ4n) is 4.54. The van der Waals surface area contributed by atoms with Crippen molar-refractivity contribution in [1.29, 1.82) is 0 Å². The van der Waals surface area contributed by atoms with E-state index in [4.69, 9.17) is 21.1 Å². The number of piperidine rings is 1. The van der Waals surface area contributed by atoms with Crippen LogP contribution < -0.4 is 9.47 Å². The topological polar surface area (TPSA) is 55.8 Å². The highest BCUT2D eigenvalue weighted by atomic mass is 35.5. The Bertz CT molecular complexity index is 1050. The second-order valence-corrected chi connectivity index (χ2v) is 9.30. The zero-order chi connectivity index (χ0) is 22.3. The summed E-state index contributed by atoms with van der Waals surface area (Å²) < 4.78 is 12.2. The van der Waals surface area contributed by atoms with Gasteiger partial charge in [0.1, 0.15) is 17.1 Å². The molecule has 2 aromatic rings. The van der Waals surface area contributed by atoms with Crippen LogP contribution in [-0.4, -0.2) is 41.9 Å². The lowest BCUT2D eigenvalue weighted by Gasteiger charge is -2.44. The number of carbonyl (C=O) groups excluding carboxylic acids is 2.